The van der Waals surface area contributed by atoms with Gasteiger partial charge in [-0.15, -0.1) is 11.3 Å². The van der Waals surface area contributed by atoms with Crippen LogP contribution in [0.5, 0.6) is 17.2 Å². The Morgan fingerprint density at radius 3 is 2.10 bits per heavy atom. The monoisotopic (exact) mass is 313 g/mol. The van der Waals surface area contributed by atoms with E-state index < -0.39 is 0 Å². The predicted octanol–water partition coefficient (Wildman–Crippen LogP) is 3.48. The molecule has 4 nitrogen and oxygen atoms in total. The van der Waals surface area contributed by atoms with Gasteiger partial charge < -0.3 is 19.9 Å². The van der Waals surface area contributed by atoms with E-state index in [0.717, 1.165) is 10.4 Å². The molecule has 0 aliphatic carbocycles. The molecule has 108 valence electrons. The maximum absolute atomic E-state index is 6.30. The molecule has 2 rings (SSSR count). The molecule has 0 aliphatic rings. The van der Waals surface area contributed by atoms with Gasteiger partial charge in [0.25, 0.3) is 0 Å². The average Bonchev–Trinajstić information content (AvgIpc) is 2.91. The summed E-state index contributed by atoms with van der Waals surface area (Å²) in [6, 6.07) is 7.00. The van der Waals surface area contributed by atoms with E-state index >= 15 is 0 Å². The smallest absolute Gasteiger partial charge is 0.164 e. The van der Waals surface area contributed by atoms with E-state index in [1.54, 1.807) is 27.4 Å². The average molecular weight is 314 g/mol. The van der Waals surface area contributed by atoms with Gasteiger partial charge in [-0.1, -0.05) is 11.6 Å². The highest BCUT2D eigenvalue weighted by molar-refractivity contribution is 7.16. The van der Waals surface area contributed by atoms with Crippen LogP contribution in [0.25, 0.3) is 0 Å². The van der Waals surface area contributed by atoms with Crippen LogP contribution in [0, 0.1) is 0 Å². The summed E-state index contributed by atoms with van der Waals surface area (Å²) < 4.78 is 16.7. The highest BCUT2D eigenvalue weighted by Crippen LogP contribution is 2.40. The van der Waals surface area contributed by atoms with Crippen LogP contribution in [-0.2, 0) is 0 Å². The molecular weight excluding hydrogens is 298 g/mol. The van der Waals surface area contributed by atoms with Gasteiger partial charge in [0.05, 0.1) is 31.7 Å². The molecule has 1 heterocycles. The van der Waals surface area contributed by atoms with Crippen molar-refractivity contribution in [2.24, 2.45) is 5.73 Å². The van der Waals surface area contributed by atoms with Crippen LogP contribution < -0.4 is 19.9 Å². The fraction of sp³-hybridized carbons (Fsp3) is 0.286. The number of ether oxygens (including phenoxy) is 3. The molecule has 0 saturated carbocycles. The van der Waals surface area contributed by atoms with Crippen LogP contribution in [0.15, 0.2) is 24.3 Å². The SMILES string of the molecule is COc1cc(OC)c(C(N)c2ccc(Cl)s2)cc1OC. The lowest BCUT2D eigenvalue weighted by molar-refractivity contribution is 0.347. The largest absolute Gasteiger partial charge is 0.496 e. The van der Waals surface area contributed by atoms with Gasteiger partial charge in [-0.05, 0) is 18.2 Å². The van der Waals surface area contributed by atoms with Crippen molar-refractivity contribution in [1.82, 2.24) is 0 Å². The number of methoxy groups -OCH3 is 3. The van der Waals surface area contributed by atoms with E-state index in [0.29, 0.717) is 21.6 Å². The van der Waals surface area contributed by atoms with Crippen molar-refractivity contribution >= 4 is 22.9 Å². The number of rotatable bonds is 5. The standard InChI is InChI=1S/C14H16ClNO3S/c1-17-9-7-11(19-3)10(18-2)6-8(9)14(16)12-4-5-13(15)20-12/h4-7,14H,16H2,1-3H3. The van der Waals surface area contributed by atoms with Crippen LogP contribution in [0.4, 0.5) is 0 Å². The van der Waals surface area contributed by atoms with E-state index in [1.165, 1.54) is 11.3 Å². The highest BCUT2D eigenvalue weighted by atomic mass is 35.5. The Bertz CT molecular complexity index is 600. The molecule has 0 spiro atoms. The van der Waals surface area contributed by atoms with Crippen LogP contribution in [-0.4, -0.2) is 21.3 Å². The Labute approximate surface area is 127 Å². The first-order chi connectivity index (χ1) is 9.60. The van der Waals surface area contributed by atoms with Gasteiger partial charge in [-0.2, -0.15) is 0 Å². The zero-order valence-electron chi connectivity index (χ0n) is 11.5. The van der Waals surface area contributed by atoms with Gasteiger partial charge in [0, 0.05) is 16.5 Å². The van der Waals surface area contributed by atoms with Crippen molar-refractivity contribution in [3.8, 4) is 17.2 Å². The lowest BCUT2D eigenvalue weighted by atomic mass is 10.0. The molecule has 1 atom stereocenters. The molecule has 0 amide bonds. The number of benzene rings is 1. The van der Waals surface area contributed by atoms with Crippen molar-refractivity contribution in [2.75, 3.05) is 21.3 Å². The summed E-state index contributed by atoms with van der Waals surface area (Å²) in [5, 5.41) is 0. The summed E-state index contributed by atoms with van der Waals surface area (Å²) in [6.45, 7) is 0. The van der Waals surface area contributed by atoms with Crippen molar-refractivity contribution in [1.29, 1.82) is 0 Å². The lowest BCUT2D eigenvalue weighted by Crippen LogP contribution is -2.12. The Hall–Kier alpha value is -1.43. The fourth-order valence-corrected chi connectivity index (χ4v) is 3.03. The zero-order chi connectivity index (χ0) is 14.7. The topological polar surface area (TPSA) is 53.7 Å². The van der Waals surface area contributed by atoms with Crippen molar-refractivity contribution in [3.63, 3.8) is 0 Å². The van der Waals surface area contributed by atoms with Gasteiger partial charge >= 0.3 is 0 Å². The van der Waals surface area contributed by atoms with E-state index in [-0.39, 0.29) is 6.04 Å². The third-order valence-electron chi connectivity index (χ3n) is 2.97. The Balaban J connectivity index is 2.49. The fourth-order valence-electron chi connectivity index (χ4n) is 1.94. The minimum absolute atomic E-state index is 0.331. The predicted molar refractivity (Wildman–Crippen MR) is 81.5 cm³/mol. The molecule has 0 radical (unpaired) electrons. The van der Waals surface area contributed by atoms with E-state index in [1.807, 2.05) is 18.2 Å². The summed E-state index contributed by atoms with van der Waals surface area (Å²) in [4.78, 5) is 0.959. The number of nitrogens with two attached hydrogens (primary N) is 1. The Kier molecular flexibility index (Phi) is 4.75. The summed E-state index contributed by atoms with van der Waals surface area (Å²) in [5.41, 5.74) is 7.12. The van der Waals surface area contributed by atoms with Crippen LogP contribution >= 0.6 is 22.9 Å². The molecule has 0 saturated heterocycles. The van der Waals surface area contributed by atoms with Crippen molar-refractivity contribution < 1.29 is 14.2 Å². The van der Waals surface area contributed by atoms with Crippen LogP contribution in [0.1, 0.15) is 16.5 Å². The second-order valence-electron chi connectivity index (χ2n) is 4.07. The quantitative estimate of drug-likeness (QED) is 0.918. The van der Waals surface area contributed by atoms with Gasteiger partial charge in [0.1, 0.15) is 5.75 Å². The molecular formula is C14H16ClNO3S. The second-order valence-corrected chi connectivity index (χ2v) is 5.82. The summed E-state index contributed by atoms with van der Waals surface area (Å²) in [7, 11) is 4.76. The third-order valence-corrected chi connectivity index (χ3v) is 4.29. The minimum atomic E-state index is -0.331. The van der Waals surface area contributed by atoms with E-state index in [2.05, 4.69) is 0 Å². The first-order valence-electron chi connectivity index (χ1n) is 5.91. The third kappa shape index (κ3) is 2.85. The van der Waals surface area contributed by atoms with Crippen molar-refractivity contribution in [2.45, 2.75) is 6.04 Å². The molecule has 6 heteroatoms. The molecule has 1 aromatic heterocycles. The molecule has 20 heavy (non-hydrogen) atoms. The number of hydrogen-bond donors (Lipinski definition) is 1. The number of hydrogen-bond acceptors (Lipinski definition) is 5. The number of thiophene rings is 1. The van der Waals surface area contributed by atoms with E-state index in [4.69, 9.17) is 31.5 Å². The molecule has 0 bridgehead atoms. The van der Waals surface area contributed by atoms with Gasteiger partial charge in [-0.3, -0.25) is 0 Å². The molecule has 2 aromatic rings. The molecule has 0 fully saturated rings. The van der Waals surface area contributed by atoms with Gasteiger partial charge in [-0.25, -0.2) is 0 Å². The number of halogens is 1. The molecule has 0 aliphatic heterocycles. The van der Waals surface area contributed by atoms with Crippen molar-refractivity contribution in [3.05, 3.63) is 39.0 Å². The Morgan fingerprint density at radius 1 is 1.00 bits per heavy atom. The highest BCUT2D eigenvalue weighted by Gasteiger charge is 2.19. The normalized spacial score (nSPS) is 12.1. The molecule has 1 aromatic carbocycles. The second kappa shape index (κ2) is 6.35. The maximum atomic E-state index is 6.30. The molecule has 2 N–H and O–H groups in total. The summed E-state index contributed by atoms with van der Waals surface area (Å²) in [6.07, 6.45) is 0. The molecule has 1 unspecified atom stereocenters. The maximum Gasteiger partial charge on any atom is 0.164 e. The summed E-state index contributed by atoms with van der Waals surface area (Å²) in [5.74, 6) is 1.87. The Morgan fingerprint density at radius 2 is 1.60 bits per heavy atom. The first kappa shape index (κ1) is 15.0. The first-order valence-corrected chi connectivity index (χ1v) is 7.10. The van der Waals surface area contributed by atoms with Crippen LogP contribution in [0.3, 0.4) is 0 Å². The van der Waals surface area contributed by atoms with Gasteiger partial charge in [0.15, 0.2) is 11.5 Å². The van der Waals surface area contributed by atoms with Gasteiger partial charge in [0.2, 0.25) is 0 Å². The minimum Gasteiger partial charge on any atom is -0.496 e. The summed E-state index contributed by atoms with van der Waals surface area (Å²) >= 11 is 7.40. The van der Waals surface area contributed by atoms with E-state index in [9.17, 15) is 0 Å². The van der Waals surface area contributed by atoms with Crippen LogP contribution in [0.2, 0.25) is 4.34 Å². The zero-order valence-corrected chi connectivity index (χ0v) is 13.0. The lowest BCUT2D eigenvalue weighted by Gasteiger charge is -2.17.